The van der Waals surface area contributed by atoms with Crippen molar-refractivity contribution in [2.45, 2.75) is 76.5 Å². The van der Waals surface area contributed by atoms with E-state index in [4.69, 9.17) is 0 Å². The standard InChI is InChI=1S/C14H26N2/c1-2-6-12-11-13-7-3-4-9-15(13)14-8-5-10-16(12)14/h12-14H,2-11H2,1H3/t12-,13-,14-/m1/s1. The summed E-state index contributed by atoms with van der Waals surface area (Å²) in [5, 5.41) is 0. The van der Waals surface area contributed by atoms with E-state index in [1.807, 2.05) is 0 Å². The average Bonchev–Trinajstić information content (AvgIpc) is 2.79. The van der Waals surface area contributed by atoms with E-state index in [0.29, 0.717) is 0 Å². The number of piperidine rings is 1. The van der Waals surface area contributed by atoms with Crippen LogP contribution < -0.4 is 0 Å². The minimum Gasteiger partial charge on any atom is -0.285 e. The van der Waals surface area contributed by atoms with Crippen molar-refractivity contribution in [3.8, 4) is 0 Å². The lowest BCUT2D eigenvalue weighted by molar-refractivity contribution is -0.0607. The molecule has 3 saturated heterocycles. The van der Waals surface area contributed by atoms with E-state index in [-0.39, 0.29) is 0 Å². The highest BCUT2D eigenvalue weighted by atomic mass is 15.4. The van der Waals surface area contributed by atoms with Crippen molar-refractivity contribution in [1.82, 2.24) is 9.80 Å². The van der Waals surface area contributed by atoms with Crippen LogP contribution in [0.15, 0.2) is 0 Å². The van der Waals surface area contributed by atoms with Crippen molar-refractivity contribution in [2.24, 2.45) is 0 Å². The van der Waals surface area contributed by atoms with Gasteiger partial charge in [-0.3, -0.25) is 9.80 Å². The molecule has 0 radical (unpaired) electrons. The molecule has 2 nitrogen and oxygen atoms in total. The van der Waals surface area contributed by atoms with Crippen LogP contribution in [0.5, 0.6) is 0 Å². The predicted octanol–water partition coefficient (Wildman–Crippen LogP) is 2.84. The van der Waals surface area contributed by atoms with Gasteiger partial charge in [0.15, 0.2) is 0 Å². The highest BCUT2D eigenvalue weighted by Gasteiger charge is 2.43. The molecular formula is C14H26N2. The van der Waals surface area contributed by atoms with Gasteiger partial charge >= 0.3 is 0 Å². The van der Waals surface area contributed by atoms with E-state index < -0.39 is 0 Å². The minimum atomic E-state index is 0.829. The molecule has 0 unspecified atom stereocenters. The Kier molecular flexibility index (Phi) is 3.21. The van der Waals surface area contributed by atoms with Gasteiger partial charge in [-0.2, -0.15) is 0 Å². The van der Waals surface area contributed by atoms with Crippen LogP contribution in [-0.2, 0) is 0 Å². The number of nitrogens with zero attached hydrogens (tertiary/aromatic N) is 2. The Bertz CT molecular complexity index is 241. The summed E-state index contributed by atoms with van der Waals surface area (Å²) in [5.74, 6) is 0. The van der Waals surface area contributed by atoms with Crippen molar-refractivity contribution in [3.63, 3.8) is 0 Å². The van der Waals surface area contributed by atoms with Crippen molar-refractivity contribution >= 4 is 0 Å². The van der Waals surface area contributed by atoms with Crippen LogP contribution in [-0.4, -0.2) is 41.1 Å². The molecule has 3 aliphatic rings. The first-order chi connectivity index (χ1) is 7.90. The van der Waals surface area contributed by atoms with Crippen LogP contribution in [0.2, 0.25) is 0 Å². The van der Waals surface area contributed by atoms with E-state index in [1.54, 1.807) is 0 Å². The Morgan fingerprint density at radius 1 is 1.00 bits per heavy atom. The number of hydrogen-bond acceptors (Lipinski definition) is 2. The monoisotopic (exact) mass is 222 g/mol. The first kappa shape index (κ1) is 11.0. The van der Waals surface area contributed by atoms with Gasteiger partial charge in [-0.25, -0.2) is 0 Å². The molecule has 3 atom stereocenters. The summed E-state index contributed by atoms with van der Waals surface area (Å²) in [4.78, 5) is 5.69. The second kappa shape index (κ2) is 4.66. The molecule has 0 aliphatic carbocycles. The molecule has 3 rings (SSSR count). The topological polar surface area (TPSA) is 6.48 Å². The quantitative estimate of drug-likeness (QED) is 0.709. The second-order valence-corrected chi connectivity index (χ2v) is 5.93. The summed E-state index contributed by atoms with van der Waals surface area (Å²) in [6, 6.07) is 1.85. The van der Waals surface area contributed by atoms with Gasteiger partial charge in [0.05, 0.1) is 6.17 Å². The van der Waals surface area contributed by atoms with E-state index in [9.17, 15) is 0 Å². The maximum Gasteiger partial charge on any atom is 0.0627 e. The van der Waals surface area contributed by atoms with Gasteiger partial charge < -0.3 is 0 Å². The molecule has 0 spiro atoms. The summed E-state index contributed by atoms with van der Waals surface area (Å²) >= 11 is 0. The largest absolute Gasteiger partial charge is 0.285 e. The van der Waals surface area contributed by atoms with Gasteiger partial charge in [-0.05, 0) is 45.1 Å². The fourth-order valence-electron chi connectivity index (χ4n) is 4.29. The first-order valence-corrected chi connectivity index (χ1v) is 7.41. The van der Waals surface area contributed by atoms with Crippen LogP contribution in [0.1, 0.15) is 58.3 Å². The van der Waals surface area contributed by atoms with E-state index in [0.717, 1.165) is 18.2 Å². The Hall–Kier alpha value is -0.0800. The summed E-state index contributed by atoms with van der Waals surface area (Å²) in [5.41, 5.74) is 0. The van der Waals surface area contributed by atoms with Crippen LogP contribution in [0.4, 0.5) is 0 Å². The highest BCUT2D eigenvalue weighted by molar-refractivity contribution is 4.96. The van der Waals surface area contributed by atoms with Gasteiger partial charge in [0.25, 0.3) is 0 Å². The van der Waals surface area contributed by atoms with Crippen molar-refractivity contribution in [3.05, 3.63) is 0 Å². The third-order valence-electron chi connectivity index (χ3n) is 4.95. The molecule has 2 heteroatoms. The van der Waals surface area contributed by atoms with Crippen LogP contribution in [0.3, 0.4) is 0 Å². The summed E-state index contributed by atoms with van der Waals surface area (Å²) in [6.07, 6.45) is 12.4. The van der Waals surface area contributed by atoms with Gasteiger partial charge in [-0.1, -0.05) is 19.8 Å². The maximum absolute atomic E-state index is 2.85. The van der Waals surface area contributed by atoms with Crippen molar-refractivity contribution in [1.29, 1.82) is 0 Å². The summed E-state index contributed by atoms with van der Waals surface area (Å²) in [6.45, 7) is 5.10. The highest BCUT2D eigenvalue weighted by Crippen LogP contribution is 2.37. The molecule has 0 amide bonds. The lowest BCUT2D eigenvalue weighted by atomic mass is 9.89. The van der Waals surface area contributed by atoms with Crippen LogP contribution >= 0.6 is 0 Å². The lowest BCUT2D eigenvalue weighted by Crippen LogP contribution is -2.60. The predicted molar refractivity (Wildman–Crippen MR) is 67.4 cm³/mol. The molecule has 3 fully saturated rings. The molecule has 0 aromatic carbocycles. The number of fused-ring (bicyclic) bond motifs is 3. The van der Waals surface area contributed by atoms with Crippen LogP contribution in [0, 0.1) is 0 Å². The molecule has 16 heavy (non-hydrogen) atoms. The van der Waals surface area contributed by atoms with Gasteiger partial charge in [0, 0.05) is 18.6 Å². The van der Waals surface area contributed by atoms with E-state index >= 15 is 0 Å². The normalized spacial score (nSPS) is 40.7. The first-order valence-electron chi connectivity index (χ1n) is 7.41. The SMILES string of the molecule is CCC[C@@H]1C[C@H]2CCCCN2[C@H]2CCCN12. The molecule has 3 heterocycles. The smallest absolute Gasteiger partial charge is 0.0627 e. The zero-order valence-corrected chi connectivity index (χ0v) is 10.7. The third-order valence-corrected chi connectivity index (χ3v) is 4.95. The molecular weight excluding hydrogens is 196 g/mol. The Morgan fingerprint density at radius 3 is 2.75 bits per heavy atom. The van der Waals surface area contributed by atoms with Crippen molar-refractivity contribution < 1.29 is 0 Å². The second-order valence-electron chi connectivity index (χ2n) is 5.93. The lowest BCUT2D eigenvalue weighted by Gasteiger charge is -2.51. The molecule has 0 saturated carbocycles. The molecule has 92 valence electrons. The van der Waals surface area contributed by atoms with Gasteiger partial charge in [0.1, 0.15) is 0 Å². The van der Waals surface area contributed by atoms with Gasteiger partial charge in [-0.15, -0.1) is 0 Å². The van der Waals surface area contributed by atoms with E-state index in [1.165, 1.54) is 64.5 Å². The van der Waals surface area contributed by atoms with Crippen LogP contribution in [0.25, 0.3) is 0 Å². The summed E-state index contributed by atoms with van der Waals surface area (Å²) in [7, 11) is 0. The number of rotatable bonds is 2. The molecule has 0 N–H and O–H groups in total. The van der Waals surface area contributed by atoms with E-state index in [2.05, 4.69) is 16.7 Å². The number of hydrogen-bond donors (Lipinski definition) is 0. The Balaban J connectivity index is 1.75. The summed E-state index contributed by atoms with van der Waals surface area (Å²) < 4.78 is 0. The molecule has 0 aromatic rings. The average molecular weight is 222 g/mol. The molecule has 0 bridgehead atoms. The minimum absolute atomic E-state index is 0.829. The fourth-order valence-corrected chi connectivity index (χ4v) is 4.29. The van der Waals surface area contributed by atoms with Gasteiger partial charge in [0.2, 0.25) is 0 Å². The third kappa shape index (κ3) is 1.80. The Morgan fingerprint density at radius 2 is 1.88 bits per heavy atom. The molecule has 0 aromatic heterocycles. The Labute approximate surface area is 100.0 Å². The zero-order chi connectivity index (χ0) is 11.0. The van der Waals surface area contributed by atoms with Crippen molar-refractivity contribution in [2.75, 3.05) is 13.1 Å². The molecule has 3 aliphatic heterocycles. The maximum atomic E-state index is 2.85. The fraction of sp³-hybridized carbons (Fsp3) is 1.00. The zero-order valence-electron chi connectivity index (χ0n) is 10.7.